The van der Waals surface area contributed by atoms with E-state index in [0.717, 1.165) is 40.6 Å². The van der Waals surface area contributed by atoms with Crippen molar-refractivity contribution in [3.8, 4) is 39.1 Å². The van der Waals surface area contributed by atoms with Crippen molar-refractivity contribution in [1.82, 2.24) is 4.57 Å². The number of rotatable bonds is 5. The van der Waals surface area contributed by atoms with Crippen molar-refractivity contribution in [2.24, 2.45) is 0 Å². The average molecular weight is 663 g/mol. The highest BCUT2D eigenvalue weighted by molar-refractivity contribution is 6.74. The Morgan fingerprint density at radius 3 is 2.00 bits per heavy atom. The number of benzene rings is 8. The molecule has 4 heteroatoms. The minimum Gasteiger partial charge on any atom is -0.456 e. The smallest absolute Gasteiger partial charge is 0.198 e. The minimum atomic E-state index is 0.782. The molecule has 0 atom stereocenters. The highest BCUT2D eigenvalue weighted by atomic mass is 16.3. The quantitative estimate of drug-likeness (QED) is 0.186. The fourth-order valence-corrected chi connectivity index (χ4v) is 8.55. The first kappa shape index (κ1) is 29.0. The van der Waals surface area contributed by atoms with Crippen molar-refractivity contribution in [2.75, 3.05) is 5.32 Å². The van der Waals surface area contributed by atoms with Gasteiger partial charge in [0, 0.05) is 49.7 Å². The molecule has 1 aliphatic rings. The van der Waals surface area contributed by atoms with Crippen LogP contribution in [0.5, 0.6) is 0 Å². The minimum absolute atomic E-state index is 0.782. The number of anilines is 2. The predicted molar refractivity (Wildman–Crippen MR) is 221 cm³/mol. The number of nitrogens with zero attached hydrogens (tertiary/aromatic N) is 1. The van der Waals surface area contributed by atoms with Gasteiger partial charge in [-0.05, 0) is 81.8 Å². The maximum atomic E-state index is 6.46. The van der Waals surface area contributed by atoms with Gasteiger partial charge in [0.25, 0.3) is 0 Å². The summed E-state index contributed by atoms with van der Waals surface area (Å²) in [6.07, 6.45) is 0. The second-order valence-corrected chi connectivity index (χ2v) is 13.7. The fraction of sp³-hybridized carbons (Fsp3) is 0. The van der Waals surface area contributed by atoms with Gasteiger partial charge in [0.1, 0.15) is 11.2 Å². The topological polar surface area (TPSA) is 30.1 Å². The summed E-state index contributed by atoms with van der Waals surface area (Å²) >= 11 is 0. The summed E-state index contributed by atoms with van der Waals surface area (Å²) in [5.41, 5.74) is 17.5. The zero-order valence-electron chi connectivity index (χ0n) is 28.3. The van der Waals surface area contributed by atoms with Crippen LogP contribution in [0.2, 0.25) is 0 Å². The van der Waals surface area contributed by atoms with Crippen molar-refractivity contribution >= 4 is 73.3 Å². The average Bonchev–Trinajstić information content (AvgIpc) is 3.75. The molecule has 8 aromatic carbocycles. The number of aromatic nitrogens is 1. The van der Waals surface area contributed by atoms with Crippen molar-refractivity contribution in [2.45, 2.75) is 0 Å². The Morgan fingerprint density at radius 1 is 0.481 bits per heavy atom. The number of hydrogen-bond donors (Lipinski definition) is 1. The van der Waals surface area contributed by atoms with E-state index in [2.05, 4.69) is 180 Å². The molecule has 1 aliphatic heterocycles. The zero-order valence-corrected chi connectivity index (χ0v) is 28.3. The van der Waals surface area contributed by atoms with E-state index in [1.54, 1.807) is 0 Å². The predicted octanol–water partition coefficient (Wildman–Crippen LogP) is 11.1. The molecule has 0 saturated carbocycles. The molecule has 1 N–H and O–H groups in total. The van der Waals surface area contributed by atoms with Gasteiger partial charge in [-0.25, -0.2) is 0 Å². The van der Waals surface area contributed by atoms with Gasteiger partial charge in [0.05, 0.1) is 5.52 Å². The second kappa shape index (κ2) is 11.4. The summed E-state index contributed by atoms with van der Waals surface area (Å²) in [7, 11) is 0.782. The Morgan fingerprint density at radius 2 is 1.15 bits per heavy atom. The molecule has 0 amide bonds. The third kappa shape index (κ3) is 4.34. The van der Waals surface area contributed by atoms with E-state index in [9.17, 15) is 0 Å². The normalized spacial score (nSPS) is 12.0. The van der Waals surface area contributed by atoms with Gasteiger partial charge in [0.2, 0.25) is 0 Å². The van der Waals surface area contributed by atoms with Crippen LogP contribution in [0.15, 0.2) is 180 Å². The Kier molecular flexibility index (Phi) is 6.35. The Bertz CT molecular complexity index is 3010. The summed E-state index contributed by atoms with van der Waals surface area (Å²) in [5, 5.41) is 8.59. The van der Waals surface area contributed by atoms with Gasteiger partial charge in [-0.2, -0.15) is 0 Å². The molecule has 0 radical (unpaired) electrons. The Hall–Kier alpha value is -6.78. The molecule has 3 heterocycles. The monoisotopic (exact) mass is 662 g/mol. The molecule has 10 aromatic rings. The summed E-state index contributed by atoms with van der Waals surface area (Å²) in [6, 6.07) is 63.3. The summed E-state index contributed by atoms with van der Waals surface area (Å²) in [6.45, 7) is 0. The van der Waals surface area contributed by atoms with Gasteiger partial charge in [-0.1, -0.05) is 133 Å². The van der Waals surface area contributed by atoms with Gasteiger partial charge < -0.3 is 14.3 Å². The maximum absolute atomic E-state index is 6.46. The third-order valence-corrected chi connectivity index (χ3v) is 10.8. The Labute approximate surface area is 301 Å². The lowest BCUT2D eigenvalue weighted by Gasteiger charge is -2.25. The first-order chi connectivity index (χ1) is 25.8. The maximum Gasteiger partial charge on any atom is 0.198 e. The van der Waals surface area contributed by atoms with Gasteiger partial charge in [-0.3, -0.25) is 0 Å². The number of nitrogens with one attached hydrogen (secondary N) is 1. The highest BCUT2D eigenvalue weighted by Gasteiger charge is 2.30. The molecule has 0 saturated heterocycles. The molecular formula is C48H31BN2O. The van der Waals surface area contributed by atoms with Crippen molar-refractivity contribution in [3.05, 3.63) is 176 Å². The van der Waals surface area contributed by atoms with Gasteiger partial charge in [-0.15, -0.1) is 0 Å². The molecule has 0 fully saturated rings. The van der Waals surface area contributed by atoms with Gasteiger partial charge >= 0.3 is 0 Å². The summed E-state index contributed by atoms with van der Waals surface area (Å²) in [5.74, 6) is 0. The number of hydrogen-bond acceptors (Lipinski definition) is 2. The standard InChI is InChI=1S/C48H31BN2O/c1-3-15-30(16-4-1)32-19-7-8-20-33(32)38-27-39(34-21-9-12-24-41(34)50-31-17-5-2-6-18-31)47-48-46(38)36-23-10-13-25-42(36)51(48)43-28-37-35-22-11-14-26-44(35)52-45(37)29-40(43)49-47/h1-29,49-50H. The molecule has 242 valence electrons. The molecule has 0 spiro atoms. The first-order valence-electron chi connectivity index (χ1n) is 17.9. The number of para-hydroxylation sites is 4. The number of fused-ring (bicyclic) bond motifs is 8. The van der Waals surface area contributed by atoms with E-state index < -0.39 is 0 Å². The largest absolute Gasteiger partial charge is 0.456 e. The van der Waals surface area contributed by atoms with E-state index in [4.69, 9.17) is 4.42 Å². The van der Waals surface area contributed by atoms with E-state index in [1.165, 1.54) is 71.8 Å². The van der Waals surface area contributed by atoms with Crippen LogP contribution in [0.3, 0.4) is 0 Å². The highest BCUT2D eigenvalue weighted by Crippen LogP contribution is 2.45. The van der Waals surface area contributed by atoms with Gasteiger partial charge in [0.15, 0.2) is 7.28 Å². The first-order valence-corrected chi connectivity index (χ1v) is 17.9. The van der Waals surface area contributed by atoms with Crippen LogP contribution in [0, 0.1) is 0 Å². The molecular weight excluding hydrogens is 631 g/mol. The summed E-state index contributed by atoms with van der Waals surface area (Å²) < 4.78 is 9.00. The van der Waals surface area contributed by atoms with E-state index in [1.807, 2.05) is 6.07 Å². The van der Waals surface area contributed by atoms with E-state index in [0.29, 0.717) is 0 Å². The second-order valence-electron chi connectivity index (χ2n) is 13.7. The van der Waals surface area contributed by atoms with Crippen molar-refractivity contribution < 1.29 is 4.42 Å². The molecule has 0 aliphatic carbocycles. The summed E-state index contributed by atoms with van der Waals surface area (Å²) in [4.78, 5) is 0. The Balaban J connectivity index is 1.28. The SMILES string of the molecule is B1c2cc3oc4ccccc4c3cc2-n2c3ccccc3c3c(-c4ccccc4-c4ccccc4)cc(-c4ccccc4Nc4ccccc4)c1c32. The molecule has 0 unspecified atom stereocenters. The van der Waals surface area contributed by atoms with Crippen LogP contribution in [0.4, 0.5) is 11.4 Å². The lowest BCUT2D eigenvalue weighted by atomic mass is 9.58. The molecule has 11 rings (SSSR count). The molecule has 0 bridgehead atoms. The lowest BCUT2D eigenvalue weighted by Crippen LogP contribution is -2.37. The van der Waals surface area contributed by atoms with E-state index >= 15 is 0 Å². The van der Waals surface area contributed by atoms with Crippen LogP contribution in [0.1, 0.15) is 0 Å². The van der Waals surface area contributed by atoms with E-state index in [-0.39, 0.29) is 0 Å². The number of furan rings is 1. The molecule has 52 heavy (non-hydrogen) atoms. The lowest BCUT2D eigenvalue weighted by molar-refractivity contribution is 0.669. The van der Waals surface area contributed by atoms with Crippen LogP contribution in [-0.2, 0) is 0 Å². The zero-order chi connectivity index (χ0) is 34.2. The van der Waals surface area contributed by atoms with Crippen LogP contribution in [-0.4, -0.2) is 11.8 Å². The third-order valence-electron chi connectivity index (χ3n) is 10.8. The molecule has 3 nitrogen and oxygen atoms in total. The van der Waals surface area contributed by atoms with Crippen LogP contribution >= 0.6 is 0 Å². The van der Waals surface area contributed by atoms with Crippen LogP contribution < -0.4 is 16.2 Å². The van der Waals surface area contributed by atoms with Crippen molar-refractivity contribution in [3.63, 3.8) is 0 Å². The van der Waals surface area contributed by atoms with Crippen LogP contribution in [0.25, 0.3) is 82.8 Å². The molecule has 2 aromatic heterocycles. The van der Waals surface area contributed by atoms with Crippen molar-refractivity contribution in [1.29, 1.82) is 0 Å². The fourth-order valence-electron chi connectivity index (χ4n) is 8.55.